The van der Waals surface area contributed by atoms with Crippen molar-refractivity contribution in [2.75, 3.05) is 13.7 Å². The fourth-order valence-electron chi connectivity index (χ4n) is 0.810. The fraction of sp³-hybridized carbons (Fsp3) is 0.300. The molecule has 1 rings (SSSR count). The molecule has 0 aromatic carbocycles. The molecule has 15 heavy (non-hydrogen) atoms. The summed E-state index contributed by atoms with van der Waals surface area (Å²) >= 11 is 0. The van der Waals surface area contributed by atoms with Crippen molar-refractivity contribution >= 4 is 5.97 Å². The highest BCUT2D eigenvalue weighted by Gasteiger charge is 2.07. The number of hydrogen-bond donors (Lipinski definition) is 1. The first kappa shape index (κ1) is 11.1. The van der Waals surface area contributed by atoms with Crippen molar-refractivity contribution in [2.45, 2.75) is 6.42 Å². The van der Waals surface area contributed by atoms with Crippen LogP contribution in [-0.4, -0.2) is 34.8 Å². The summed E-state index contributed by atoms with van der Waals surface area (Å²) in [6.07, 6.45) is 3.27. The van der Waals surface area contributed by atoms with Crippen molar-refractivity contribution in [1.29, 1.82) is 0 Å². The van der Waals surface area contributed by atoms with E-state index in [1.165, 1.54) is 19.5 Å². The van der Waals surface area contributed by atoms with Crippen LogP contribution in [0.1, 0.15) is 22.6 Å². The van der Waals surface area contributed by atoms with Crippen LogP contribution < -0.4 is 0 Å². The van der Waals surface area contributed by atoms with Gasteiger partial charge in [-0.25, -0.2) is 14.8 Å². The van der Waals surface area contributed by atoms with E-state index in [1.54, 1.807) is 0 Å². The summed E-state index contributed by atoms with van der Waals surface area (Å²) in [5.74, 6) is 4.89. The first-order valence-corrected chi connectivity index (χ1v) is 4.28. The van der Waals surface area contributed by atoms with Gasteiger partial charge in [0.2, 0.25) is 5.82 Å². The van der Waals surface area contributed by atoms with Gasteiger partial charge in [-0.2, -0.15) is 0 Å². The molecule has 0 saturated heterocycles. The number of methoxy groups -OCH3 is 1. The Morgan fingerprint density at radius 2 is 2.20 bits per heavy atom. The van der Waals surface area contributed by atoms with E-state index in [0.717, 1.165) is 0 Å². The Bertz CT molecular complexity index is 389. The minimum Gasteiger partial charge on any atom is -0.463 e. The monoisotopic (exact) mass is 206 g/mol. The maximum atomic E-state index is 11.0. The highest BCUT2D eigenvalue weighted by atomic mass is 16.5. The number of nitrogens with zero attached hydrogens (tertiary/aromatic N) is 2. The van der Waals surface area contributed by atoms with Crippen molar-refractivity contribution < 1.29 is 14.6 Å². The zero-order valence-electron chi connectivity index (χ0n) is 8.23. The molecule has 0 bridgehead atoms. The highest BCUT2D eigenvalue weighted by molar-refractivity contribution is 5.84. The van der Waals surface area contributed by atoms with E-state index in [0.29, 0.717) is 12.0 Å². The van der Waals surface area contributed by atoms with Gasteiger partial charge in [-0.1, -0.05) is 11.8 Å². The van der Waals surface area contributed by atoms with Gasteiger partial charge >= 0.3 is 5.97 Å². The van der Waals surface area contributed by atoms with Crippen LogP contribution in [-0.2, 0) is 4.74 Å². The average molecular weight is 206 g/mol. The van der Waals surface area contributed by atoms with E-state index in [2.05, 4.69) is 26.5 Å². The molecule has 0 saturated carbocycles. The number of aliphatic hydroxyl groups excluding tert-OH is 1. The maximum Gasteiger partial charge on any atom is 0.376 e. The molecule has 0 aliphatic heterocycles. The topological polar surface area (TPSA) is 72.3 Å². The van der Waals surface area contributed by atoms with Crippen LogP contribution in [0.5, 0.6) is 0 Å². The summed E-state index contributed by atoms with van der Waals surface area (Å²) in [6, 6.07) is 0. The molecule has 5 heteroatoms. The van der Waals surface area contributed by atoms with Gasteiger partial charge in [0.15, 0.2) is 0 Å². The largest absolute Gasteiger partial charge is 0.463 e. The summed E-state index contributed by atoms with van der Waals surface area (Å²) < 4.78 is 4.44. The van der Waals surface area contributed by atoms with Crippen molar-refractivity contribution in [2.24, 2.45) is 0 Å². The molecule has 0 aliphatic rings. The van der Waals surface area contributed by atoms with Crippen molar-refractivity contribution in [3.05, 3.63) is 23.8 Å². The summed E-state index contributed by atoms with van der Waals surface area (Å²) in [5, 5.41) is 8.50. The predicted octanol–water partition coefficient (Wildman–Crippen LogP) is -0.00290. The van der Waals surface area contributed by atoms with Crippen LogP contribution in [0.4, 0.5) is 0 Å². The predicted molar refractivity (Wildman–Crippen MR) is 52.0 cm³/mol. The SMILES string of the molecule is COC(=O)c1ncc(C#CCCO)cn1. The summed E-state index contributed by atoms with van der Waals surface area (Å²) in [5.41, 5.74) is 0.594. The number of esters is 1. The average Bonchev–Trinajstić information content (AvgIpc) is 2.29. The molecule has 0 spiro atoms. The van der Waals surface area contributed by atoms with E-state index in [-0.39, 0.29) is 12.4 Å². The van der Waals surface area contributed by atoms with Crippen LogP contribution >= 0.6 is 0 Å². The molecule has 1 heterocycles. The van der Waals surface area contributed by atoms with Gasteiger partial charge in [0.05, 0.1) is 19.3 Å². The summed E-state index contributed by atoms with van der Waals surface area (Å²) in [6.45, 7) is 0.0219. The highest BCUT2D eigenvalue weighted by Crippen LogP contribution is 1.95. The normalized spacial score (nSPS) is 8.93. The lowest BCUT2D eigenvalue weighted by Crippen LogP contribution is -2.06. The first-order chi connectivity index (χ1) is 7.27. The molecule has 0 fully saturated rings. The van der Waals surface area contributed by atoms with Crippen LogP contribution in [0, 0.1) is 11.8 Å². The Kier molecular flexibility index (Phi) is 4.26. The summed E-state index contributed by atoms with van der Waals surface area (Å²) in [7, 11) is 1.26. The molecule has 78 valence electrons. The number of carbonyl (C=O) groups is 1. The lowest BCUT2D eigenvalue weighted by Gasteiger charge is -1.95. The van der Waals surface area contributed by atoms with Crippen LogP contribution in [0.3, 0.4) is 0 Å². The van der Waals surface area contributed by atoms with Crippen molar-refractivity contribution in [3.8, 4) is 11.8 Å². The Labute approximate surface area is 87.1 Å². The van der Waals surface area contributed by atoms with Gasteiger partial charge in [-0.15, -0.1) is 0 Å². The van der Waals surface area contributed by atoms with Gasteiger partial charge < -0.3 is 9.84 Å². The van der Waals surface area contributed by atoms with Crippen molar-refractivity contribution in [1.82, 2.24) is 9.97 Å². The van der Waals surface area contributed by atoms with E-state index in [1.807, 2.05) is 0 Å². The first-order valence-electron chi connectivity index (χ1n) is 4.28. The van der Waals surface area contributed by atoms with E-state index in [4.69, 9.17) is 5.11 Å². The Morgan fingerprint density at radius 3 is 2.73 bits per heavy atom. The maximum absolute atomic E-state index is 11.0. The quantitative estimate of drug-likeness (QED) is 0.544. The molecule has 0 atom stereocenters. The minimum absolute atomic E-state index is 0.00482. The number of aromatic nitrogens is 2. The molecule has 0 unspecified atom stereocenters. The van der Waals surface area contributed by atoms with Gasteiger partial charge in [-0.05, 0) is 0 Å². The van der Waals surface area contributed by atoms with Gasteiger partial charge in [0.25, 0.3) is 0 Å². The molecular weight excluding hydrogens is 196 g/mol. The number of ether oxygens (including phenoxy) is 1. The van der Waals surface area contributed by atoms with Gasteiger partial charge in [0, 0.05) is 18.8 Å². The molecule has 0 amide bonds. The Morgan fingerprint density at radius 1 is 1.53 bits per heavy atom. The minimum atomic E-state index is -0.579. The van der Waals surface area contributed by atoms with Gasteiger partial charge in [0.1, 0.15) is 0 Å². The molecule has 0 aliphatic carbocycles. The number of hydrogen-bond acceptors (Lipinski definition) is 5. The molecule has 1 aromatic heterocycles. The molecule has 0 radical (unpaired) electrons. The van der Waals surface area contributed by atoms with Crippen LogP contribution in [0.25, 0.3) is 0 Å². The third-order valence-corrected chi connectivity index (χ3v) is 1.49. The third-order valence-electron chi connectivity index (χ3n) is 1.49. The lowest BCUT2D eigenvalue weighted by atomic mass is 10.3. The fourth-order valence-corrected chi connectivity index (χ4v) is 0.810. The number of aliphatic hydroxyl groups is 1. The lowest BCUT2D eigenvalue weighted by molar-refractivity contribution is 0.0586. The van der Waals surface area contributed by atoms with Gasteiger partial charge in [-0.3, -0.25) is 0 Å². The zero-order chi connectivity index (χ0) is 11.1. The van der Waals surface area contributed by atoms with E-state index < -0.39 is 5.97 Å². The third kappa shape index (κ3) is 3.37. The number of rotatable bonds is 2. The standard InChI is InChI=1S/C10H10N2O3/c1-15-10(14)9-11-6-8(7-12-9)4-2-3-5-13/h6-7,13H,3,5H2,1H3. The van der Waals surface area contributed by atoms with E-state index >= 15 is 0 Å². The Balaban J connectivity index is 2.73. The second-order valence-corrected chi connectivity index (χ2v) is 2.56. The zero-order valence-corrected chi connectivity index (χ0v) is 8.23. The molecule has 1 N–H and O–H groups in total. The Hall–Kier alpha value is -1.93. The second kappa shape index (κ2) is 5.73. The van der Waals surface area contributed by atoms with Crippen LogP contribution in [0.15, 0.2) is 12.4 Å². The molecule has 1 aromatic rings. The molecular formula is C10H10N2O3. The van der Waals surface area contributed by atoms with Crippen LogP contribution in [0.2, 0.25) is 0 Å². The van der Waals surface area contributed by atoms with Crippen molar-refractivity contribution in [3.63, 3.8) is 0 Å². The van der Waals surface area contributed by atoms with E-state index in [9.17, 15) is 4.79 Å². The molecule has 5 nitrogen and oxygen atoms in total. The second-order valence-electron chi connectivity index (χ2n) is 2.56. The summed E-state index contributed by atoms with van der Waals surface area (Å²) in [4.78, 5) is 18.5. The smallest absolute Gasteiger partial charge is 0.376 e. The number of carbonyl (C=O) groups excluding carboxylic acids is 1.